The van der Waals surface area contributed by atoms with Gasteiger partial charge in [0.25, 0.3) is 0 Å². The molecule has 1 atom stereocenters. The normalized spacial score (nSPS) is 23.9. The van der Waals surface area contributed by atoms with E-state index in [9.17, 15) is 0 Å². The van der Waals surface area contributed by atoms with Crippen molar-refractivity contribution < 1.29 is 9.47 Å². The Labute approximate surface area is 140 Å². The molecule has 2 heteroatoms. The summed E-state index contributed by atoms with van der Waals surface area (Å²) in [6, 6.07) is 6.26. The second kappa shape index (κ2) is 6.59. The van der Waals surface area contributed by atoms with Crippen molar-refractivity contribution in [3.05, 3.63) is 34.9 Å². The number of benzene rings is 1. The minimum Gasteiger partial charge on any atom is -0.497 e. The van der Waals surface area contributed by atoms with Crippen molar-refractivity contribution in [1.29, 1.82) is 0 Å². The first kappa shape index (κ1) is 16.4. The second-order valence-corrected chi connectivity index (χ2v) is 7.65. The highest BCUT2D eigenvalue weighted by Crippen LogP contribution is 2.51. The van der Waals surface area contributed by atoms with Gasteiger partial charge in [-0.1, -0.05) is 31.4 Å². The predicted molar refractivity (Wildman–Crippen MR) is 95.4 cm³/mol. The summed E-state index contributed by atoms with van der Waals surface area (Å²) in [6.45, 7) is 4.87. The van der Waals surface area contributed by atoms with E-state index in [2.05, 4.69) is 26.0 Å². The maximum atomic E-state index is 5.69. The van der Waals surface area contributed by atoms with Crippen LogP contribution in [0.3, 0.4) is 0 Å². The van der Waals surface area contributed by atoms with Gasteiger partial charge >= 0.3 is 0 Å². The average Bonchev–Trinajstić information content (AvgIpc) is 2.77. The molecule has 0 amide bonds. The Morgan fingerprint density at radius 3 is 2.57 bits per heavy atom. The molecule has 1 aromatic carbocycles. The zero-order valence-electron chi connectivity index (χ0n) is 15.1. The lowest BCUT2D eigenvalue weighted by Gasteiger charge is -2.37. The Hall–Kier alpha value is -1.44. The van der Waals surface area contributed by atoms with E-state index in [4.69, 9.17) is 9.47 Å². The summed E-state index contributed by atoms with van der Waals surface area (Å²) in [7, 11) is 3.52. The van der Waals surface area contributed by atoms with Crippen LogP contribution in [0.1, 0.15) is 70.3 Å². The molecule has 126 valence electrons. The lowest BCUT2D eigenvalue weighted by Crippen LogP contribution is -2.22. The van der Waals surface area contributed by atoms with E-state index in [1.807, 2.05) is 6.07 Å². The summed E-state index contributed by atoms with van der Waals surface area (Å²) in [4.78, 5) is 0. The van der Waals surface area contributed by atoms with E-state index in [0.29, 0.717) is 11.3 Å². The van der Waals surface area contributed by atoms with Gasteiger partial charge in [0.05, 0.1) is 14.2 Å². The molecule has 2 aliphatic carbocycles. The second-order valence-electron chi connectivity index (χ2n) is 7.65. The molecule has 0 spiro atoms. The Morgan fingerprint density at radius 1 is 1.00 bits per heavy atom. The van der Waals surface area contributed by atoms with E-state index in [-0.39, 0.29) is 0 Å². The molecule has 2 aliphatic rings. The Morgan fingerprint density at radius 2 is 1.83 bits per heavy atom. The highest BCUT2D eigenvalue weighted by Gasteiger charge is 2.35. The molecule has 1 unspecified atom stereocenters. The standard InChI is InChI=1S/C21H30O2/c1-21(2)13-7-9-17-16(8-5-6-10-19(17)21)18-14-15(22-3)11-12-20(18)23-4/h11-12,14,16H,5-10,13H2,1-4H3. The first-order chi connectivity index (χ1) is 11.1. The van der Waals surface area contributed by atoms with Crippen LogP contribution < -0.4 is 9.47 Å². The smallest absolute Gasteiger partial charge is 0.122 e. The lowest BCUT2D eigenvalue weighted by molar-refractivity contribution is 0.348. The van der Waals surface area contributed by atoms with Gasteiger partial charge in [-0.2, -0.15) is 0 Å². The van der Waals surface area contributed by atoms with Gasteiger partial charge in [-0.3, -0.25) is 0 Å². The van der Waals surface area contributed by atoms with Crippen LogP contribution in [-0.4, -0.2) is 14.2 Å². The van der Waals surface area contributed by atoms with Crippen LogP contribution in [0, 0.1) is 5.41 Å². The van der Waals surface area contributed by atoms with E-state index in [0.717, 1.165) is 11.5 Å². The van der Waals surface area contributed by atoms with Gasteiger partial charge in [0, 0.05) is 11.5 Å². The third-order valence-corrected chi connectivity index (χ3v) is 5.85. The zero-order chi connectivity index (χ0) is 16.4. The fraction of sp³-hybridized carbons (Fsp3) is 0.619. The molecule has 0 aliphatic heterocycles. The monoisotopic (exact) mass is 314 g/mol. The number of rotatable bonds is 3. The van der Waals surface area contributed by atoms with Crippen molar-refractivity contribution in [2.75, 3.05) is 14.2 Å². The Kier molecular flexibility index (Phi) is 4.70. The van der Waals surface area contributed by atoms with Crippen LogP contribution in [0.4, 0.5) is 0 Å². The van der Waals surface area contributed by atoms with Crippen LogP contribution in [0.25, 0.3) is 0 Å². The van der Waals surface area contributed by atoms with Gasteiger partial charge in [0.15, 0.2) is 0 Å². The molecular formula is C21H30O2. The average molecular weight is 314 g/mol. The summed E-state index contributed by atoms with van der Waals surface area (Å²) < 4.78 is 11.2. The highest BCUT2D eigenvalue weighted by atomic mass is 16.5. The Balaban J connectivity index is 2.10. The molecule has 0 bridgehead atoms. The van der Waals surface area contributed by atoms with Crippen LogP contribution in [0.5, 0.6) is 11.5 Å². The maximum absolute atomic E-state index is 5.69. The molecule has 0 heterocycles. The van der Waals surface area contributed by atoms with Crippen molar-refractivity contribution in [3.63, 3.8) is 0 Å². The first-order valence-electron chi connectivity index (χ1n) is 9.01. The number of hydrogen-bond donors (Lipinski definition) is 0. The largest absolute Gasteiger partial charge is 0.497 e. The number of methoxy groups -OCH3 is 2. The third-order valence-electron chi connectivity index (χ3n) is 5.85. The fourth-order valence-corrected chi connectivity index (χ4v) is 4.62. The molecule has 0 radical (unpaired) electrons. The molecule has 23 heavy (non-hydrogen) atoms. The lowest BCUT2D eigenvalue weighted by atomic mass is 9.68. The molecule has 2 nitrogen and oxygen atoms in total. The molecule has 0 N–H and O–H groups in total. The van der Waals surface area contributed by atoms with Crippen LogP contribution in [0.2, 0.25) is 0 Å². The van der Waals surface area contributed by atoms with E-state index in [1.165, 1.54) is 50.5 Å². The summed E-state index contributed by atoms with van der Waals surface area (Å²) in [6.07, 6.45) is 9.04. The topological polar surface area (TPSA) is 18.5 Å². The molecule has 3 rings (SSSR count). The van der Waals surface area contributed by atoms with Gasteiger partial charge in [0.1, 0.15) is 11.5 Å². The van der Waals surface area contributed by atoms with E-state index >= 15 is 0 Å². The fourth-order valence-electron chi connectivity index (χ4n) is 4.62. The van der Waals surface area contributed by atoms with Gasteiger partial charge in [0.2, 0.25) is 0 Å². The van der Waals surface area contributed by atoms with Gasteiger partial charge in [-0.25, -0.2) is 0 Å². The number of ether oxygens (including phenoxy) is 2. The van der Waals surface area contributed by atoms with Crippen molar-refractivity contribution in [2.45, 2.75) is 64.7 Å². The maximum Gasteiger partial charge on any atom is 0.122 e. The molecule has 0 aromatic heterocycles. The van der Waals surface area contributed by atoms with Gasteiger partial charge in [-0.15, -0.1) is 0 Å². The first-order valence-corrected chi connectivity index (χ1v) is 9.01. The summed E-state index contributed by atoms with van der Waals surface area (Å²) in [5, 5.41) is 0. The minimum absolute atomic E-state index is 0.363. The van der Waals surface area contributed by atoms with Crippen LogP contribution >= 0.6 is 0 Å². The van der Waals surface area contributed by atoms with Crippen LogP contribution in [0.15, 0.2) is 29.3 Å². The third kappa shape index (κ3) is 3.13. The van der Waals surface area contributed by atoms with Crippen molar-refractivity contribution >= 4 is 0 Å². The molecular weight excluding hydrogens is 284 g/mol. The minimum atomic E-state index is 0.363. The van der Waals surface area contributed by atoms with E-state index < -0.39 is 0 Å². The molecule has 0 saturated heterocycles. The zero-order valence-corrected chi connectivity index (χ0v) is 15.1. The van der Waals surface area contributed by atoms with Crippen LogP contribution in [-0.2, 0) is 0 Å². The van der Waals surface area contributed by atoms with Gasteiger partial charge in [-0.05, 0) is 62.1 Å². The van der Waals surface area contributed by atoms with Crippen molar-refractivity contribution in [2.24, 2.45) is 5.41 Å². The summed E-state index contributed by atoms with van der Waals surface area (Å²) >= 11 is 0. The highest BCUT2D eigenvalue weighted by molar-refractivity contribution is 5.47. The molecule has 1 aromatic rings. The predicted octanol–water partition coefficient (Wildman–Crippen LogP) is 5.87. The summed E-state index contributed by atoms with van der Waals surface area (Å²) in [5.41, 5.74) is 5.11. The number of hydrogen-bond acceptors (Lipinski definition) is 2. The molecule has 0 saturated carbocycles. The Bertz CT molecular complexity index is 598. The number of allylic oxidation sites excluding steroid dienone is 2. The summed E-state index contributed by atoms with van der Waals surface area (Å²) in [5.74, 6) is 2.44. The van der Waals surface area contributed by atoms with Gasteiger partial charge < -0.3 is 9.47 Å². The SMILES string of the molecule is COc1ccc(OC)c(C2CCCCC3=C2CCCC3(C)C)c1. The quantitative estimate of drug-likeness (QED) is 0.650. The van der Waals surface area contributed by atoms with Crippen molar-refractivity contribution in [1.82, 2.24) is 0 Å². The van der Waals surface area contributed by atoms with Crippen molar-refractivity contribution in [3.8, 4) is 11.5 Å². The van der Waals surface area contributed by atoms with E-state index in [1.54, 1.807) is 25.4 Å². The molecule has 0 fully saturated rings.